The molecule has 2 aromatic carbocycles. The second kappa shape index (κ2) is 11.3. The van der Waals surface area contributed by atoms with Gasteiger partial charge in [-0.2, -0.15) is 0 Å². The number of nitrogens with one attached hydrogen (secondary N) is 1. The third-order valence-electron chi connectivity index (χ3n) is 6.80. The SMILES string of the molecule is Cc1cccc(N(CCCC(=O)N[C@@H](C)c2ccc(N3CCC[C@H](C)C3)cc2)S(C)(=O)=O)c1C. The second-order valence-corrected chi connectivity index (χ2v) is 11.6. The third kappa shape index (κ3) is 6.75. The van der Waals surface area contributed by atoms with Gasteiger partial charge >= 0.3 is 0 Å². The summed E-state index contributed by atoms with van der Waals surface area (Å²) < 4.78 is 26.2. The maximum Gasteiger partial charge on any atom is 0.232 e. The van der Waals surface area contributed by atoms with Crippen molar-refractivity contribution in [2.75, 3.05) is 35.1 Å². The summed E-state index contributed by atoms with van der Waals surface area (Å²) >= 11 is 0. The Morgan fingerprint density at radius 1 is 1.18 bits per heavy atom. The lowest BCUT2D eigenvalue weighted by atomic mass is 9.99. The van der Waals surface area contributed by atoms with E-state index in [1.807, 2.05) is 39.0 Å². The number of rotatable bonds is 9. The first kappa shape index (κ1) is 26.1. The summed E-state index contributed by atoms with van der Waals surface area (Å²) in [7, 11) is -3.44. The van der Waals surface area contributed by atoms with Crippen LogP contribution >= 0.6 is 0 Å². The number of hydrogen-bond donors (Lipinski definition) is 1. The number of nitrogens with zero attached hydrogens (tertiary/aromatic N) is 2. The number of piperidine rings is 1. The molecule has 1 aliphatic rings. The lowest BCUT2D eigenvalue weighted by Gasteiger charge is -2.33. The smallest absolute Gasteiger partial charge is 0.232 e. The molecule has 0 aromatic heterocycles. The lowest BCUT2D eigenvalue weighted by Crippen LogP contribution is -2.34. The van der Waals surface area contributed by atoms with Gasteiger partial charge in [-0.25, -0.2) is 8.42 Å². The van der Waals surface area contributed by atoms with Crippen LogP contribution in [0.2, 0.25) is 0 Å². The van der Waals surface area contributed by atoms with Gasteiger partial charge in [0, 0.05) is 31.7 Å². The second-order valence-electron chi connectivity index (χ2n) is 9.73. The number of anilines is 2. The van der Waals surface area contributed by atoms with Crippen LogP contribution in [-0.4, -0.2) is 40.2 Å². The quantitative estimate of drug-likeness (QED) is 0.545. The van der Waals surface area contributed by atoms with Gasteiger partial charge in [-0.15, -0.1) is 0 Å². The van der Waals surface area contributed by atoms with Gasteiger partial charge in [0.2, 0.25) is 15.9 Å². The molecule has 1 aliphatic heterocycles. The van der Waals surface area contributed by atoms with Gasteiger partial charge in [0.05, 0.1) is 18.0 Å². The topological polar surface area (TPSA) is 69.7 Å². The monoisotopic (exact) mass is 485 g/mol. The molecule has 7 heteroatoms. The summed E-state index contributed by atoms with van der Waals surface area (Å²) in [4.78, 5) is 15.0. The molecule has 1 N–H and O–H groups in total. The number of sulfonamides is 1. The average Bonchev–Trinajstić information content (AvgIpc) is 2.78. The molecule has 0 radical (unpaired) electrons. The first-order chi connectivity index (χ1) is 16.1. The van der Waals surface area contributed by atoms with E-state index in [2.05, 4.69) is 41.4 Å². The molecular formula is C27H39N3O3S. The zero-order valence-corrected chi connectivity index (χ0v) is 22.0. The number of aryl methyl sites for hydroxylation is 1. The van der Waals surface area contributed by atoms with Crippen LogP contribution in [0.4, 0.5) is 11.4 Å². The van der Waals surface area contributed by atoms with E-state index in [0.29, 0.717) is 12.1 Å². The predicted molar refractivity (Wildman–Crippen MR) is 141 cm³/mol. The number of carbonyl (C=O) groups excluding carboxylic acids is 1. The highest BCUT2D eigenvalue weighted by Gasteiger charge is 2.21. The average molecular weight is 486 g/mol. The van der Waals surface area contributed by atoms with Crippen LogP contribution in [0.3, 0.4) is 0 Å². The minimum absolute atomic E-state index is 0.0733. The van der Waals surface area contributed by atoms with E-state index in [9.17, 15) is 13.2 Å². The standard InChI is InChI=1S/C27H39N3O3S/c1-20-9-7-17-29(19-20)25-15-13-24(14-16-25)23(4)28-27(31)12-8-18-30(34(5,32)33)26-11-6-10-21(2)22(26)3/h6,10-11,13-16,20,23H,7-9,12,17-19H2,1-5H3,(H,28,31)/t20-,23-/m0/s1. The molecule has 0 aliphatic carbocycles. The van der Waals surface area contributed by atoms with Crippen LogP contribution in [0.25, 0.3) is 0 Å². The minimum Gasteiger partial charge on any atom is -0.371 e. The third-order valence-corrected chi connectivity index (χ3v) is 7.98. The Kier molecular flexibility index (Phi) is 8.63. The molecule has 1 amide bonds. The fourth-order valence-electron chi connectivity index (χ4n) is 4.65. The molecule has 1 heterocycles. The van der Waals surface area contributed by atoms with Gasteiger partial charge in [0.25, 0.3) is 0 Å². The van der Waals surface area contributed by atoms with Crippen molar-refractivity contribution in [3.8, 4) is 0 Å². The van der Waals surface area contributed by atoms with Crippen molar-refractivity contribution in [1.29, 1.82) is 0 Å². The molecule has 0 unspecified atom stereocenters. The summed E-state index contributed by atoms with van der Waals surface area (Å²) in [5.41, 5.74) is 4.96. The maximum atomic E-state index is 12.6. The molecule has 6 nitrogen and oxygen atoms in total. The summed E-state index contributed by atoms with van der Waals surface area (Å²) in [6, 6.07) is 14.0. The maximum absolute atomic E-state index is 12.6. The Bertz CT molecular complexity index is 1080. The summed E-state index contributed by atoms with van der Waals surface area (Å²) in [5.74, 6) is 0.649. The Morgan fingerprint density at radius 2 is 1.88 bits per heavy atom. The van der Waals surface area contributed by atoms with Crippen molar-refractivity contribution < 1.29 is 13.2 Å². The fraction of sp³-hybridized carbons (Fsp3) is 0.519. The molecule has 2 atom stereocenters. The number of benzene rings is 2. The zero-order valence-electron chi connectivity index (χ0n) is 21.2. The van der Waals surface area contributed by atoms with Gasteiger partial charge < -0.3 is 10.2 Å². The van der Waals surface area contributed by atoms with Gasteiger partial charge in [0.1, 0.15) is 0 Å². The molecule has 0 saturated carbocycles. The van der Waals surface area contributed by atoms with Crippen LogP contribution in [0.15, 0.2) is 42.5 Å². The number of amides is 1. The minimum atomic E-state index is -3.44. The summed E-state index contributed by atoms with van der Waals surface area (Å²) in [5, 5.41) is 3.05. The van der Waals surface area contributed by atoms with Gasteiger partial charge in [-0.05, 0) is 80.8 Å². The van der Waals surface area contributed by atoms with Crippen LogP contribution < -0.4 is 14.5 Å². The molecule has 1 fully saturated rings. The number of hydrogen-bond acceptors (Lipinski definition) is 4. The summed E-state index contributed by atoms with van der Waals surface area (Å²) in [6.07, 6.45) is 4.46. The van der Waals surface area contributed by atoms with Crippen LogP contribution in [-0.2, 0) is 14.8 Å². The van der Waals surface area contributed by atoms with E-state index in [4.69, 9.17) is 0 Å². The predicted octanol–water partition coefficient (Wildman–Crippen LogP) is 4.96. The molecule has 0 spiro atoms. The van der Waals surface area contributed by atoms with E-state index >= 15 is 0 Å². The van der Waals surface area contributed by atoms with E-state index in [0.717, 1.165) is 35.7 Å². The van der Waals surface area contributed by atoms with Crippen molar-refractivity contribution >= 4 is 27.3 Å². The molecule has 2 aromatic rings. The van der Waals surface area contributed by atoms with Crippen molar-refractivity contribution in [2.45, 2.75) is 59.4 Å². The molecule has 186 valence electrons. The van der Waals surface area contributed by atoms with Crippen LogP contribution in [0, 0.1) is 19.8 Å². The molecule has 34 heavy (non-hydrogen) atoms. The normalized spacial score (nSPS) is 17.3. The Hall–Kier alpha value is -2.54. The van der Waals surface area contributed by atoms with E-state index in [-0.39, 0.29) is 24.9 Å². The van der Waals surface area contributed by atoms with Crippen LogP contribution in [0.5, 0.6) is 0 Å². The van der Waals surface area contributed by atoms with E-state index in [1.165, 1.54) is 29.1 Å². The van der Waals surface area contributed by atoms with Crippen LogP contribution in [0.1, 0.15) is 62.3 Å². The van der Waals surface area contributed by atoms with E-state index in [1.54, 1.807) is 0 Å². The van der Waals surface area contributed by atoms with Gasteiger partial charge in [-0.1, -0.05) is 31.2 Å². The molecule has 1 saturated heterocycles. The van der Waals surface area contributed by atoms with Crippen molar-refractivity contribution in [1.82, 2.24) is 5.32 Å². The van der Waals surface area contributed by atoms with Crippen molar-refractivity contribution in [3.05, 3.63) is 59.2 Å². The molecular weight excluding hydrogens is 446 g/mol. The Labute approximate surface area is 205 Å². The fourth-order valence-corrected chi connectivity index (χ4v) is 5.66. The lowest BCUT2D eigenvalue weighted by molar-refractivity contribution is -0.121. The highest BCUT2D eigenvalue weighted by Crippen LogP contribution is 2.26. The highest BCUT2D eigenvalue weighted by molar-refractivity contribution is 7.92. The van der Waals surface area contributed by atoms with E-state index < -0.39 is 10.0 Å². The number of carbonyl (C=O) groups is 1. The zero-order chi connectivity index (χ0) is 24.9. The van der Waals surface area contributed by atoms with Crippen molar-refractivity contribution in [2.24, 2.45) is 5.92 Å². The Balaban J connectivity index is 1.54. The first-order valence-electron chi connectivity index (χ1n) is 12.2. The molecule has 3 rings (SSSR count). The van der Waals surface area contributed by atoms with Crippen molar-refractivity contribution in [3.63, 3.8) is 0 Å². The first-order valence-corrected chi connectivity index (χ1v) is 14.1. The largest absolute Gasteiger partial charge is 0.371 e. The Morgan fingerprint density at radius 3 is 2.53 bits per heavy atom. The highest BCUT2D eigenvalue weighted by atomic mass is 32.2. The van der Waals surface area contributed by atoms with Gasteiger partial charge in [-0.3, -0.25) is 9.10 Å². The van der Waals surface area contributed by atoms with Gasteiger partial charge in [0.15, 0.2) is 0 Å². The summed E-state index contributed by atoms with van der Waals surface area (Å²) in [6.45, 7) is 10.6. The molecule has 0 bridgehead atoms.